The maximum Gasteiger partial charge on any atom is 0.323 e. The first-order valence-corrected chi connectivity index (χ1v) is 12.7. The predicted molar refractivity (Wildman–Crippen MR) is 151 cm³/mol. The normalized spacial score (nSPS) is 11.5. The number of ether oxygens (including phenoxy) is 1. The molecule has 6 aromatic rings. The number of pyridine rings is 1. The van der Waals surface area contributed by atoms with E-state index in [1.54, 1.807) is 59.9 Å². The molecular weight excluding hydrogens is 527 g/mol. The number of rotatable bonds is 6. The standard InChI is InChI=1S/C29H25FN8O3/c1-29(2,3)38-16-25(27(37-38)17-4-7-26-18(10-17)15-34-41-26)36-28(39)35-23-6-5-20(11-22(23)30)40-21-8-9-31-24(12-21)19-13-32-33-14-19/h4-16H,1-3H3,(H,32,33)(H2,35,36,39). The molecule has 0 aliphatic carbocycles. The minimum absolute atomic E-state index is 0.0145. The quantitative estimate of drug-likeness (QED) is 0.207. The molecule has 206 valence electrons. The highest BCUT2D eigenvalue weighted by Gasteiger charge is 2.21. The lowest BCUT2D eigenvalue weighted by molar-refractivity contribution is 0.262. The van der Waals surface area contributed by atoms with E-state index in [0.29, 0.717) is 28.4 Å². The van der Waals surface area contributed by atoms with E-state index in [1.807, 2.05) is 32.9 Å². The minimum atomic E-state index is -0.662. The summed E-state index contributed by atoms with van der Waals surface area (Å²) < 4.78 is 27.8. The average Bonchev–Trinajstić information content (AvgIpc) is 3.71. The molecule has 4 heterocycles. The fraction of sp³-hybridized carbons (Fsp3) is 0.138. The van der Waals surface area contributed by atoms with Crippen LogP contribution in [0.15, 0.2) is 84.0 Å². The van der Waals surface area contributed by atoms with Gasteiger partial charge in [-0.05, 0) is 57.2 Å². The number of halogens is 1. The molecule has 0 saturated carbocycles. The van der Waals surface area contributed by atoms with Gasteiger partial charge in [0, 0.05) is 47.2 Å². The Hall–Kier alpha value is -5.52. The molecule has 0 bridgehead atoms. The number of carbonyl (C=O) groups is 1. The molecule has 0 spiro atoms. The predicted octanol–water partition coefficient (Wildman–Crippen LogP) is 6.81. The van der Waals surface area contributed by atoms with Crippen LogP contribution in [0.5, 0.6) is 11.5 Å². The van der Waals surface area contributed by atoms with Crippen molar-refractivity contribution < 1.29 is 18.4 Å². The third-order valence-electron chi connectivity index (χ3n) is 6.23. The first kappa shape index (κ1) is 25.7. The largest absolute Gasteiger partial charge is 0.457 e. The number of fused-ring (bicyclic) bond motifs is 1. The first-order valence-electron chi connectivity index (χ1n) is 12.7. The summed E-state index contributed by atoms with van der Waals surface area (Å²) in [5.74, 6) is 0.0720. The number of nitrogens with zero attached hydrogens (tertiary/aromatic N) is 5. The molecule has 0 aliphatic heterocycles. The van der Waals surface area contributed by atoms with Crippen LogP contribution in [0, 0.1) is 5.82 Å². The summed E-state index contributed by atoms with van der Waals surface area (Å²) in [4.78, 5) is 17.3. The Labute approximate surface area is 233 Å². The fourth-order valence-corrected chi connectivity index (χ4v) is 4.14. The summed E-state index contributed by atoms with van der Waals surface area (Å²) in [6.07, 6.45) is 8.30. The van der Waals surface area contributed by atoms with E-state index in [2.05, 4.69) is 31.0 Å². The van der Waals surface area contributed by atoms with Gasteiger partial charge < -0.3 is 19.9 Å². The Kier molecular flexibility index (Phi) is 6.42. The SMILES string of the molecule is CC(C)(C)n1cc(NC(=O)Nc2ccc(Oc3ccnc(-c4cn[nH]c4)c3)cc2F)c(-c2ccc3oncc3c2)n1. The summed E-state index contributed by atoms with van der Waals surface area (Å²) in [6.45, 7) is 6.00. The molecule has 41 heavy (non-hydrogen) atoms. The Balaban J connectivity index is 1.19. The van der Waals surface area contributed by atoms with Crippen molar-refractivity contribution in [2.45, 2.75) is 26.3 Å². The average molecular weight is 553 g/mol. The van der Waals surface area contributed by atoms with Crippen LogP contribution < -0.4 is 15.4 Å². The van der Waals surface area contributed by atoms with Crippen molar-refractivity contribution in [3.8, 4) is 34.0 Å². The van der Waals surface area contributed by atoms with Crippen molar-refractivity contribution in [2.75, 3.05) is 10.6 Å². The minimum Gasteiger partial charge on any atom is -0.457 e. The number of hydrogen-bond donors (Lipinski definition) is 3. The van der Waals surface area contributed by atoms with Crippen LogP contribution in [-0.2, 0) is 5.54 Å². The number of anilines is 2. The van der Waals surface area contributed by atoms with E-state index in [0.717, 1.165) is 16.5 Å². The van der Waals surface area contributed by atoms with Crippen molar-refractivity contribution in [3.05, 3.63) is 85.3 Å². The summed E-state index contributed by atoms with van der Waals surface area (Å²) >= 11 is 0. The zero-order chi connectivity index (χ0) is 28.6. The molecule has 0 unspecified atom stereocenters. The number of aromatic nitrogens is 6. The molecular formula is C29H25FN8O3. The number of H-pyrrole nitrogens is 1. The van der Waals surface area contributed by atoms with Crippen LogP contribution in [0.25, 0.3) is 33.5 Å². The number of nitrogens with one attached hydrogen (secondary N) is 3. The van der Waals surface area contributed by atoms with Crippen molar-refractivity contribution in [2.24, 2.45) is 0 Å². The van der Waals surface area contributed by atoms with Gasteiger partial charge in [0.05, 0.1) is 35.0 Å². The Morgan fingerprint density at radius 3 is 2.61 bits per heavy atom. The number of aromatic amines is 1. The third kappa shape index (κ3) is 5.48. The molecule has 0 saturated heterocycles. The van der Waals surface area contributed by atoms with Gasteiger partial charge in [-0.2, -0.15) is 10.2 Å². The second-order valence-corrected chi connectivity index (χ2v) is 10.3. The number of carbonyl (C=O) groups excluding carboxylic acids is 1. The van der Waals surface area contributed by atoms with E-state index in [-0.39, 0.29) is 17.0 Å². The van der Waals surface area contributed by atoms with E-state index in [4.69, 9.17) is 14.4 Å². The maximum absolute atomic E-state index is 15.0. The number of benzene rings is 2. The van der Waals surface area contributed by atoms with Crippen molar-refractivity contribution in [3.63, 3.8) is 0 Å². The molecule has 12 heteroatoms. The van der Waals surface area contributed by atoms with Gasteiger partial charge in [-0.1, -0.05) is 5.16 Å². The van der Waals surface area contributed by atoms with Gasteiger partial charge in [-0.25, -0.2) is 9.18 Å². The Morgan fingerprint density at radius 2 is 1.83 bits per heavy atom. The summed E-state index contributed by atoms with van der Waals surface area (Å²) in [6, 6.07) is 12.5. The lowest BCUT2D eigenvalue weighted by Gasteiger charge is -2.18. The van der Waals surface area contributed by atoms with Gasteiger partial charge in [0.1, 0.15) is 23.0 Å². The number of urea groups is 1. The third-order valence-corrected chi connectivity index (χ3v) is 6.23. The molecule has 4 aromatic heterocycles. The lowest BCUT2D eigenvalue weighted by Crippen LogP contribution is -2.22. The van der Waals surface area contributed by atoms with Gasteiger partial charge in [0.15, 0.2) is 5.58 Å². The second kappa shape index (κ2) is 10.2. The Morgan fingerprint density at radius 1 is 1.00 bits per heavy atom. The molecule has 2 amide bonds. The van der Waals surface area contributed by atoms with E-state index < -0.39 is 11.8 Å². The second-order valence-electron chi connectivity index (χ2n) is 10.3. The monoisotopic (exact) mass is 552 g/mol. The van der Waals surface area contributed by atoms with Crippen molar-refractivity contribution in [1.29, 1.82) is 0 Å². The van der Waals surface area contributed by atoms with Crippen LogP contribution >= 0.6 is 0 Å². The number of amides is 2. The lowest BCUT2D eigenvalue weighted by atomic mass is 10.1. The highest BCUT2D eigenvalue weighted by Crippen LogP contribution is 2.32. The number of hydrogen-bond acceptors (Lipinski definition) is 7. The highest BCUT2D eigenvalue weighted by molar-refractivity contribution is 6.02. The molecule has 0 atom stereocenters. The first-order chi connectivity index (χ1) is 19.7. The van der Waals surface area contributed by atoms with Crippen molar-refractivity contribution >= 4 is 28.4 Å². The Bertz CT molecular complexity index is 1850. The van der Waals surface area contributed by atoms with Gasteiger partial charge in [-0.3, -0.25) is 14.8 Å². The van der Waals surface area contributed by atoms with Gasteiger partial charge in [-0.15, -0.1) is 0 Å². The molecule has 0 radical (unpaired) electrons. The summed E-state index contributed by atoms with van der Waals surface area (Å²) in [5.41, 5.74) is 3.50. The van der Waals surface area contributed by atoms with Crippen LogP contribution in [0.1, 0.15) is 20.8 Å². The van der Waals surface area contributed by atoms with Crippen LogP contribution in [0.2, 0.25) is 0 Å². The molecule has 3 N–H and O–H groups in total. The highest BCUT2D eigenvalue weighted by atomic mass is 19.1. The van der Waals surface area contributed by atoms with Gasteiger partial charge in [0.25, 0.3) is 0 Å². The summed E-state index contributed by atoms with van der Waals surface area (Å²) in [7, 11) is 0. The smallest absolute Gasteiger partial charge is 0.323 e. The van der Waals surface area contributed by atoms with E-state index in [9.17, 15) is 9.18 Å². The molecule has 0 fully saturated rings. The molecule has 0 aliphatic rings. The molecule has 6 rings (SSSR count). The van der Waals surface area contributed by atoms with Gasteiger partial charge >= 0.3 is 6.03 Å². The fourth-order valence-electron chi connectivity index (χ4n) is 4.14. The van der Waals surface area contributed by atoms with Crippen molar-refractivity contribution in [1.82, 2.24) is 30.1 Å². The van der Waals surface area contributed by atoms with Gasteiger partial charge in [0.2, 0.25) is 0 Å². The molecule has 11 nitrogen and oxygen atoms in total. The van der Waals surface area contributed by atoms with E-state index in [1.165, 1.54) is 12.1 Å². The van der Waals surface area contributed by atoms with Crippen LogP contribution in [-0.4, -0.2) is 36.1 Å². The zero-order valence-electron chi connectivity index (χ0n) is 22.3. The van der Waals surface area contributed by atoms with Crippen LogP contribution in [0.3, 0.4) is 0 Å². The summed E-state index contributed by atoms with van der Waals surface area (Å²) in [5, 5.41) is 21.4. The zero-order valence-corrected chi connectivity index (χ0v) is 22.3. The van der Waals surface area contributed by atoms with Crippen LogP contribution in [0.4, 0.5) is 20.6 Å². The topological polar surface area (TPSA) is 136 Å². The maximum atomic E-state index is 15.0. The van der Waals surface area contributed by atoms with E-state index >= 15 is 0 Å². The molecule has 2 aromatic carbocycles.